The molecular formula is C7H10N2. The Morgan fingerprint density at radius 3 is 2.44 bits per heavy atom. The van der Waals surface area contributed by atoms with Crippen LogP contribution >= 0.6 is 0 Å². The largest absolute Gasteiger partial charge is 0.404 e. The van der Waals surface area contributed by atoms with Crippen molar-refractivity contribution in [1.82, 2.24) is 0 Å². The molecule has 0 aromatic carbocycles. The van der Waals surface area contributed by atoms with Gasteiger partial charge in [-0.2, -0.15) is 0 Å². The Balaban J connectivity index is 4.52. The summed E-state index contributed by atoms with van der Waals surface area (Å²) in [6, 6.07) is 0. The minimum absolute atomic E-state index is 0.657. The standard InChI is InChI=1S/C7H10N2/c1-3-6(2)7(4-8)5-9/h4-5,8H,1,9H2,2H3/b7-5+,8-4?. The maximum absolute atomic E-state index is 6.83. The smallest absolute Gasteiger partial charge is 0.0273 e. The van der Waals surface area contributed by atoms with Crippen molar-refractivity contribution in [3.63, 3.8) is 0 Å². The number of hydrogen-bond acceptors (Lipinski definition) is 2. The minimum atomic E-state index is 0.657. The maximum atomic E-state index is 6.83. The Morgan fingerprint density at radius 1 is 1.78 bits per heavy atom. The maximum Gasteiger partial charge on any atom is 0.0273 e. The summed E-state index contributed by atoms with van der Waals surface area (Å²) >= 11 is 0. The molecule has 0 bridgehead atoms. The number of hydrogen-bond donors (Lipinski definition) is 2. The molecule has 9 heavy (non-hydrogen) atoms. The highest BCUT2D eigenvalue weighted by Crippen LogP contribution is 2.00. The van der Waals surface area contributed by atoms with Crippen LogP contribution in [0.5, 0.6) is 0 Å². The molecule has 48 valence electrons. The van der Waals surface area contributed by atoms with Crippen molar-refractivity contribution >= 4 is 6.21 Å². The summed E-state index contributed by atoms with van der Waals surface area (Å²) < 4.78 is 0. The van der Waals surface area contributed by atoms with Gasteiger partial charge in [-0.3, -0.25) is 0 Å². The van der Waals surface area contributed by atoms with E-state index in [1.807, 2.05) is 0 Å². The molecule has 0 amide bonds. The lowest BCUT2D eigenvalue weighted by atomic mass is 10.1. The molecule has 2 nitrogen and oxygen atoms in total. The summed E-state index contributed by atoms with van der Waals surface area (Å²) in [5.74, 6) is 0. The zero-order chi connectivity index (χ0) is 7.28. The molecule has 3 N–H and O–H groups in total. The van der Waals surface area contributed by atoms with Gasteiger partial charge in [-0.15, -0.1) is 5.73 Å². The lowest BCUT2D eigenvalue weighted by Crippen LogP contribution is -1.90. The average Bonchev–Trinajstić information content (AvgIpc) is 1.90. The van der Waals surface area contributed by atoms with E-state index in [2.05, 4.69) is 12.3 Å². The van der Waals surface area contributed by atoms with Crippen molar-refractivity contribution < 1.29 is 0 Å². The molecular weight excluding hydrogens is 112 g/mol. The van der Waals surface area contributed by atoms with E-state index in [0.717, 1.165) is 5.57 Å². The van der Waals surface area contributed by atoms with E-state index in [1.165, 1.54) is 12.4 Å². The molecule has 2 heteroatoms. The van der Waals surface area contributed by atoms with Crippen LogP contribution in [0.15, 0.2) is 29.7 Å². The van der Waals surface area contributed by atoms with Gasteiger partial charge in [0.2, 0.25) is 0 Å². The van der Waals surface area contributed by atoms with E-state index in [9.17, 15) is 0 Å². The summed E-state index contributed by atoms with van der Waals surface area (Å²) in [7, 11) is 0. The normalized spacial score (nSPS) is 10.1. The first kappa shape index (κ1) is 7.73. The van der Waals surface area contributed by atoms with E-state index >= 15 is 0 Å². The summed E-state index contributed by atoms with van der Waals surface area (Å²) in [5, 5.41) is 6.83. The van der Waals surface area contributed by atoms with Crippen LogP contribution in [0.4, 0.5) is 0 Å². The van der Waals surface area contributed by atoms with E-state index in [1.54, 1.807) is 6.92 Å². The summed E-state index contributed by atoms with van der Waals surface area (Å²) in [5.41, 5.74) is 9.25. The minimum Gasteiger partial charge on any atom is -0.404 e. The Labute approximate surface area is 54.9 Å². The first-order valence-corrected chi connectivity index (χ1v) is 2.55. The van der Waals surface area contributed by atoms with Crippen LogP contribution in [0.2, 0.25) is 0 Å². The van der Waals surface area contributed by atoms with Crippen LogP contribution in [0.1, 0.15) is 6.92 Å². The second kappa shape index (κ2) is 3.70. The summed E-state index contributed by atoms with van der Waals surface area (Å²) in [6.07, 6.45) is 2.54. The third kappa shape index (κ3) is 1.98. The second-order valence-corrected chi connectivity index (χ2v) is 1.57. The summed E-state index contributed by atoms with van der Waals surface area (Å²) in [4.78, 5) is 0. The Kier molecular flexibility index (Phi) is 3.18. The van der Waals surface area contributed by atoms with Gasteiger partial charge in [-0.05, 0) is 6.92 Å². The number of nitrogens with two attached hydrogens (primary N) is 1. The summed E-state index contributed by atoms with van der Waals surface area (Å²) in [6.45, 7) is 5.22. The highest BCUT2D eigenvalue weighted by Gasteiger charge is 1.90. The molecule has 0 rings (SSSR count). The number of rotatable bonds is 2. The molecule has 0 aliphatic carbocycles. The van der Waals surface area contributed by atoms with Gasteiger partial charge in [0.1, 0.15) is 0 Å². The highest BCUT2D eigenvalue weighted by atomic mass is 14.5. The van der Waals surface area contributed by atoms with Crippen LogP contribution in [0, 0.1) is 5.41 Å². The van der Waals surface area contributed by atoms with Gasteiger partial charge >= 0.3 is 0 Å². The monoisotopic (exact) mass is 122 g/mol. The quantitative estimate of drug-likeness (QED) is 0.323. The fraction of sp³-hybridized carbons (Fsp3) is 0.143. The molecule has 0 aliphatic rings. The molecule has 0 aliphatic heterocycles. The fourth-order valence-electron chi connectivity index (χ4n) is 0.383. The highest BCUT2D eigenvalue weighted by molar-refractivity contribution is 5.81. The topological polar surface area (TPSA) is 49.9 Å². The Bertz CT molecular complexity index is 183. The zero-order valence-corrected chi connectivity index (χ0v) is 5.44. The van der Waals surface area contributed by atoms with Gasteiger partial charge in [0.25, 0.3) is 0 Å². The van der Waals surface area contributed by atoms with Crippen molar-refractivity contribution in [2.45, 2.75) is 6.92 Å². The SMILES string of the molecule is C=C=C(C)/C(C=N)=C/N. The van der Waals surface area contributed by atoms with Crippen molar-refractivity contribution in [2.75, 3.05) is 0 Å². The molecule has 0 aromatic rings. The van der Waals surface area contributed by atoms with Gasteiger partial charge in [0.05, 0.1) is 0 Å². The van der Waals surface area contributed by atoms with Gasteiger partial charge in [0, 0.05) is 23.6 Å². The van der Waals surface area contributed by atoms with E-state index in [0.29, 0.717) is 5.57 Å². The van der Waals surface area contributed by atoms with Crippen molar-refractivity contribution in [2.24, 2.45) is 5.73 Å². The van der Waals surface area contributed by atoms with Crippen molar-refractivity contribution in [1.29, 1.82) is 5.41 Å². The van der Waals surface area contributed by atoms with E-state index in [4.69, 9.17) is 11.1 Å². The third-order valence-electron chi connectivity index (χ3n) is 1.03. The zero-order valence-electron chi connectivity index (χ0n) is 5.44. The van der Waals surface area contributed by atoms with Gasteiger partial charge < -0.3 is 11.1 Å². The molecule has 0 heterocycles. The predicted octanol–water partition coefficient (Wildman–Crippen LogP) is 1.21. The van der Waals surface area contributed by atoms with Crippen LogP contribution in [-0.4, -0.2) is 6.21 Å². The van der Waals surface area contributed by atoms with E-state index < -0.39 is 0 Å². The molecule has 0 saturated carbocycles. The second-order valence-electron chi connectivity index (χ2n) is 1.57. The molecule has 0 unspecified atom stereocenters. The van der Waals surface area contributed by atoms with Crippen LogP contribution in [-0.2, 0) is 0 Å². The average molecular weight is 122 g/mol. The predicted molar refractivity (Wildman–Crippen MR) is 39.4 cm³/mol. The fourth-order valence-corrected chi connectivity index (χ4v) is 0.383. The van der Waals surface area contributed by atoms with Crippen LogP contribution < -0.4 is 5.73 Å². The van der Waals surface area contributed by atoms with E-state index in [-0.39, 0.29) is 0 Å². The molecule has 0 radical (unpaired) electrons. The van der Waals surface area contributed by atoms with Crippen LogP contribution in [0.3, 0.4) is 0 Å². The molecule has 0 fully saturated rings. The molecule has 0 atom stereocenters. The number of nitrogens with one attached hydrogen (secondary N) is 1. The Hall–Kier alpha value is -1.27. The van der Waals surface area contributed by atoms with Gasteiger partial charge in [-0.1, -0.05) is 6.58 Å². The lowest BCUT2D eigenvalue weighted by molar-refractivity contribution is 1.41. The van der Waals surface area contributed by atoms with Crippen molar-refractivity contribution in [3.8, 4) is 0 Å². The first-order valence-electron chi connectivity index (χ1n) is 2.55. The van der Waals surface area contributed by atoms with Crippen LogP contribution in [0.25, 0.3) is 0 Å². The Morgan fingerprint density at radius 2 is 2.33 bits per heavy atom. The number of allylic oxidation sites excluding steroid dienone is 2. The molecule has 0 aromatic heterocycles. The van der Waals surface area contributed by atoms with Crippen molar-refractivity contribution in [3.05, 3.63) is 29.7 Å². The molecule has 0 saturated heterocycles. The lowest BCUT2D eigenvalue weighted by Gasteiger charge is -1.92. The first-order chi connectivity index (χ1) is 4.26. The third-order valence-corrected chi connectivity index (χ3v) is 1.03. The molecule has 0 spiro atoms. The van der Waals surface area contributed by atoms with Gasteiger partial charge in [0.15, 0.2) is 0 Å². The van der Waals surface area contributed by atoms with Gasteiger partial charge in [-0.25, -0.2) is 0 Å².